The molecule has 2 rings (SSSR count). The normalized spacial score (nSPS) is 11.2. The molecular formula is C15H13F3N2O. The van der Waals surface area contributed by atoms with Crippen LogP contribution < -0.4 is 11.1 Å². The van der Waals surface area contributed by atoms with Crippen LogP contribution in [0.4, 0.5) is 18.9 Å². The van der Waals surface area contributed by atoms with Crippen LogP contribution in [0.3, 0.4) is 0 Å². The lowest BCUT2D eigenvalue weighted by molar-refractivity contribution is -0.138. The molecule has 0 fully saturated rings. The molecule has 0 heterocycles. The van der Waals surface area contributed by atoms with Crippen molar-refractivity contribution >= 4 is 11.6 Å². The van der Waals surface area contributed by atoms with Crippen LogP contribution in [0.2, 0.25) is 0 Å². The van der Waals surface area contributed by atoms with Crippen LogP contribution >= 0.6 is 0 Å². The highest BCUT2D eigenvalue weighted by atomic mass is 19.4. The number of hydrogen-bond acceptors (Lipinski definition) is 2. The molecular weight excluding hydrogens is 281 g/mol. The summed E-state index contributed by atoms with van der Waals surface area (Å²) in [4.78, 5) is 11.9. The van der Waals surface area contributed by atoms with Gasteiger partial charge in [0.2, 0.25) is 0 Å². The first-order chi connectivity index (χ1) is 9.88. The lowest BCUT2D eigenvalue weighted by atomic mass is 10.1. The molecule has 110 valence electrons. The zero-order chi connectivity index (χ0) is 15.5. The molecule has 0 bridgehead atoms. The Labute approximate surface area is 119 Å². The number of halogens is 3. The minimum atomic E-state index is -4.44. The summed E-state index contributed by atoms with van der Waals surface area (Å²) in [7, 11) is 0. The molecule has 0 aliphatic heterocycles. The number of nitrogens with two attached hydrogens (primary N) is 1. The predicted octanol–water partition coefficient (Wildman–Crippen LogP) is 3.22. The third-order valence-corrected chi connectivity index (χ3v) is 2.94. The number of rotatable bonds is 3. The smallest absolute Gasteiger partial charge is 0.399 e. The molecule has 0 aromatic heterocycles. The van der Waals surface area contributed by atoms with E-state index in [1.54, 1.807) is 12.1 Å². The molecule has 0 atom stereocenters. The Balaban J connectivity index is 2.10. The molecule has 6 heteroatoms. The van der Waals surface area contributed by atoms with Gasteiger partial charge < -0.3 is 11.1 Å². The molecule has 3 N–H and O–H groups in total. The number of anilines is 1. The minimum absolute atomic E-state index is 0.0220. The fraction of sp³-hybridized carbons (Fsp3) is 0.133. The Kier molecular flexibility index (Phi) is 4.16. The fourth-order valence-electron chi connectivity index (χ4n) is 1.86. The average molecular weight is 294 g/mol. The Morgan fingerprint density at radius 2 is 1.67 bits per heavy atom. The predicted molar refractivity (Wildman–Crippen MR) is 73.5 cm³/mol. The van der Waals surface area contributed by atoms with Gasteiger partial charge in [0.05, 0.1) is 5.56 Å². The Hall–Kier alpha value is -2.50. The van der Waals surface area contributed by atoms with E-state index in [-0.39, 0.29) is 12.1 Å². The maximum atomic E-state index is 12.8. The zero-order valence-electron chi connectivity index (χ0n) is 10.9. The lowest BCUT2D eigenvalue weighted by Gasteiger charge is -2.13. The van der Waals surface area contributed by atoms with E-state index >= 15 is 0 Å². The summed E-state index contributed by atoms with van der Waals surface area (Å²) >= 11 is 0. The number of alkyl halides is 3. The van der Waals surface area contributed by atoms with Gasteiger partial charge in [0.15, 0.2) is 0 Å². The second-order valence-electron chi connectivity index (χ2n) is 4.46. The molecule has 0 aliphatic carbocycles. The van der Waals surface area contributed by atoms with Crippen LogP contribution in [0.25, 0.3) is 0 Å². The molecule has 0 unspecified atom stereocenters. The van der Waals surface area contributed by atoms with E-state index in [9.17, 15) is 18.0 Å². The first-order valence-electron chi connectivity index (χ1n) is 6.17. The molecule has 3 nitrogen and oxygen atoms in total. The van der Waals surface area contributed by atoms with E-state index in [1.807, 2.05) is 0 Å². The third kappa shape index (κ3) is 3.75. The maximum absolute atomic E-state index is 12.8. The van der Waals surface area contributed by atoms with Gasteiger partial charge in [-0.2, -0.15) is 13.2 Å². The third-order valence-electron chi connectivity index (χ3n) is 2.94. The van der Waals surface area contributed by atoms with E-state index in [4.69, 9.17) is 5.73 Å². The summed E-state index contributed by atoms with van der Waals surface area (Å²) in [5.74, 6) is -0.452. The molecule has 0 saturated carbocycles. The van der Waals surface area contributed by atoms with Crippen molar-refractivity contribution in [2.75, 3.05) is 5.73 Å². The highest BCUT2D eigenvalue weighted by Crippen LogP contribution is 2.31. The average Bonchev–Trinajstić information content (AvgIpc) is 2.45. The van der Waals surface area contributed by atoms with Crippen molar-refractivity contribution in [1.82, 2.24) is 5.32 Å². The number of nitrogen functional groups attached to an aromatic ring is 1. The van der Waals surface area contributed by atoms with E-state index < -0.39 is 17.6 Å². The van der Waals surface area contributed by atoms with Crippen molar-refractivity contribution in [2.24, 2.45) is 0 Å². The quantitative estimate of drug-likeness (QED) is 0.854. The van der Waals surface area contributed by atoms with Crippen LogP contribution in [-0.4, -0.2) is 5.91 Å². The second-order valence-corrected chi connectivity index (χ2v) is 4.46. The van der Waals surface area contributed by atoms with Gasteiger partial charge in [0.25, 0.3) is 5.91 Å². The number of carbonyl (C=O) groups excluding carboxylic acids is 1. The molecule has 0 spiro atoms. The van der Waals surface area contributed by atoms with Crippen molar-refractivity contribution in [3.63, 3.8) is 0 Å². The molecule has 2 aromatic carbocycles. The lowest BCUT2D eigenvalue weighted by Crippen LogP contribution is -2.24. The SMILES string of the molecule is Nc1ccc(C(=O)NCc2ccccc2C(F)(F)F)cc1. The van der Waals surface area contributed by atoms with Crippen LogP contribution in [0, 0.1) is 0 Å². The van der Waals surface area contributed by atoms with Crippen LogP contribution in [0.5, 0.6) is 0 Å². The Morgan fingerprint density at radius 3 is 2.29 bits per heavy atom. The highest BCUT2D eigenvalue weighted by Gasteiger charge is 2.32. The Morgan fingerprint density at radius 1 is 1.05 bits per heavy atom. The fourth-order valence-corrected chi connectivity index (χ4v) is 1.86. The van der Waals surface area contributed by atoms with Crippen molar-refractivity contribution < 1.29 is 18.0 Å². The topological polar surface area (TPSA) is 55.1 Å². The zero-order valence-corrected chi connectivity index (χ0v) is 10.9. The second kappa shape index (κ2) is 5.87. The summed E-state index contributed by atoms with van der Waals surface area (Å²) in [6, 6.07) is 11.3. The van der Waals surface area contributed by atoms with Crippen molar-refractivity contribution in [2.45, 2.75) is 12.7 Å². The van der Waals surface area contributed by atoms with Gasteiger partial charge in [0.1, 0.15) is 0 Å². The highest BCUT2D eigenvalue weighted by molar-refractivity contribution is 5.94. The minimum Gasteiger partial charge on any atom is -0.399 e. The summed E-state index contributed by atoms with van der Waals surface area (Å²) in [6.45, 7) is -0.196. The van der Waals surface area contributed by atoms with Gasteiger partial charge in [-0.05, 0) is 35.9 Å². The molecule has 1 amide bonds. The van der Waals surface area contributed by atoms with Crippen molar-refractivity contribution in [3.05, 3.63) is 65.2 Å². The van der Waals surface area contributed by atoms with Crippen molar-refractivity contribution in [1.29, 1.82) is 0 Å². The summed E-state index contributed by atoms with van der Waals surface area (Å²) in [5.41, 5.74) is 5.63. The van der Waals surface area contributed by atoms with E-state index in [2.05, 4.69) is 5.32 Å². The number of benzene rings is 2. The number of hydrogen-bond donors (Lipinski definition) is 2. The van der Waals surface area contributed by atoms with E-state index in [0.717, 1.165) is 6.07 Å². The largest absolute Gasteiger partial charge is 0.416 e. The van der Waals surface area contributed by atoms with Crippen LogP contribution in [-0.2, 0) is 12.7 Å². The van der Waals surface area contributed by atoms with Crippen LogP contribution in [0.15, 0.2) is 48.5 Å². The van der Waals surface area contributed by atoms with Crippen LogP contribution in [0.1, 0.15) is 21.5 Å². The van der Waals surface area contributed by atoms with Gasteiger partial charge in [-0.1, -0.05) is 18.2 Å². The molecule has 21 heavy (non-hydrogen) atoms. The van der Waals surface area contributed by atoms with Gasteiger partial charge in [-0.15, -0.1) is 0 Å². The van der Waals surface area contributed by atoms with E-state index in [1.165, 1.54) is 30.3 Å². The summed E-state index contributed by atoms with van der Waals surface area (Å²) in [6.07, 6.45) is -4.44. The Bertz CT molecular complexity index is 636. The number of carbonyl (C=O) groups is 1. The molecule has 0 aliphatic rings. The van der Waals surface area contributed by atoms with Crippen molar-refractivity contribution in [3.8, 4) is 0 Å². The van der Waals surface area contributed by atoms with Gasteiger partial charge in [-0.25, -0.2) is 0 Å². The monoisotopic (exact) mass is 294 g/mol. The standard InChI is InChI=1S/C15H13F3N2O/c16-15(17,18)13-4-2-1-3-11(13)9-20-14(21)10-5-7-12(19)8-6-10/h1-8H,9,19H2,(H,20,21). The number of amides is 1. The molecule has 0 radical (unpaired) electrons. The van der Waals surface area contributed by atoms with Gasteiger partial charge in [0, 0.05) is 17.8 Å². The van der Waals surface area contributed by atoms with E-state index in [0.29, 0.717) is 11.3 Å². The maximum Gasteiger partial charge on any atom is 0.416 e. The number of nitrogens with one attached hydrogen (secondary N) is 1. The molecule has 2 aromatic rings. The summed E-state index contributed by atoms with van der Waals surface area (Å²) < 4.78 is 38.4. The van der Waals surface area contributed by atoms with Gasteiger partial charge >= 0.3 is 6.18 Å². The first kappa shape index (κ1) is 14.9. The first-order valence-corrected chi connectivity index (χ1v) is 6.17. The summed E-state index contributed by atoms with van der Waals surface area (Å²) in [5, 5.41) is 2.47. The van der Waals surface area contributed by atoms with Gasteiger partial charge in [-0.3, -0.25) is 4.79 Å². The molecule has 0 saturated heterocycles.